The highest BCUT2D eigenvalue weighted by molar-refractivity contribution is 7.99. The Morgan fingerprint density at radius 1 is 0.953 bits per heavy atom. The predicted molar refractivity (Wildman–Crippen MR) is 176 cm³/mol. The first-order valence-corrected chi connectivity index (χ1v) is 15.4. The summed E-state index contributed by atoms with van der Waals surface area (Å²) in [6, 6.07) is 31.5. The number of nitrogens with zero attached hydrogens (tertiary/aromatic N) is 4. The molecule has 216 valence electrons. The van der Waals surface area contributed by atoms with E-state index in [0.717, 1.165) is 27.6 Å². The summed E-state index contributed by atoms with van der Waals surface area (Å²) in [6.07, 6.45) is 2.77. The summed E-state index contributed by atoms with van der Waals surface area (Å²) >= 11 is 7.54. The molecule has 43 heavy (non-hydrogen) atoms. The van der Waals surface area contributed by atoms with Crippen LogP contribution in [0.4, 0.5) is 11.4 Å². The van der Waals surface area contributed by atoms with Gasteiger partial charge < -0.3 is 14.8 Å². The Morgan fingerprint density at radius 3 is 2.28 bits per heavy atom. The second-order valence-corrected chi connectivity index (χ2v) is 12.0. The molecule has 3 heterocycles. The molecule has 0 saturated carbocycles. The van der Waals surface area contributed by atoms with Crippen LogP contribution >= 0.6 is 24.0 Å². The second kappa shape index (κ2) is 12.0. The largest absolute Gasteiger partial charge is 0.351 e. The Kier molecular flexibility index (Phi) is 8.01. The number of rotatable bonds is 8. The number of nitro benzene ring substituents is 1. The number of nitrogens with one attached hydrogen (secondary N) is 1. The van der Waals surface area contributed by atoms with E-state index < -0.39 is 0 Å². The standard InChI is InChI=1S/C34H31N5O2S2/c1-4-24-9-5-6-11-31(24)37-22(2)21-29(23(37)3)33-32(30-10-7-8-20-35-30)36-34(42)38(33)25-12-16-27(17-13-25)43-28-18-14-26(15-19-28)39(40)41/h5-21,32-33H,4H2,1-3H3,(H,36,42). The first-order valence-electron chi connectivity index (χ1n) is 14.2. The third-order valence-electron chi connectivity index (χ3n) is 7.90. The van der Waals surface area contributed by atoms with E-state index in [0.29, 0.717) is 5.11 Å². The van der Waals surface area contributed by atoms with Crippen molar-refractivity contribution in [3.63, 3.8) is 0 Å². The van der Waals surface area contributed by atoms with Gasteiger partial charge in [0.05, 0.1) is 22.7 Å². The van der Waals surface area contributed by atoms with Crippen LogP contribution in [0.3, 0.4) is 0 Å². The topological polar surface area (TPSA) is 76.2 Å². The molecule has 6 rings (SSSR count). The summed E-state index contributed by atoms with van der Waals surface area (Å²) in [5.41, 5.74) is 8.03. The minimum Gasteiger partial charge on any atom is -0.351 e. The lowest BCUT2D eigenvalue weighted by Gasteiger charge is -2.28. The van der Waals surface area contributed by atoms with E-state index in [1.165, 1.54) is 40.3 Å². The summed E-state index contributed by atoms with van der Waals surface area (Å²) < 4.78 is 2.35. The SMILES string of the molecule is CCc1ccccc1-n1c(C)cc(C2C(c3ccccn3)NC(=S)N2c2ccc(Sc3ccc([N+](=O)[O-])cc3)cc2)c1C. The lowest BCUT2D eigenvalue weighted by Crippen LogP contribution is -2.29. The maximum Gasteiger partial charge on any atom is 0.269 e. The smallest absolute Gasteiger partial charge is 0.269 e. The molecule has 0 radical (unpaired) electrons. The van der Waals surface area contributed by atoms with Gasteiger partial charge in [0.25, 0.3) is 5.69 Å². The van der Waals surface area contributed by atoms with E-state index in [-0.39, 0.29) is 22.7 Å². The highest BCUT2D eigenvalue weighted by Gasteiger charge is 2.42. The molecule has 2 aromatic heterocycles. The number of aryl methyl sites for hydroxylation is 2. The van der Waals surface area contributed by atoms with E-state index in [2.05, 4.69) is 90.2 Å². The van der Waals surface area contributed by atoms with Crippen molar-refractivity contribution in [3.8, 4) is 5.69 Å². The van der Waals surface area contributed by atoms with Crippen molar-refractivity contribution in [2.24, 2.45) is 0 Å². The summed E-state index contributed by atoms with van der Waals surface area (Å²) in [4.78, 5) is 19.5. The van der Waals surface area contributed by atoms with Crippen LogP contribution in [-0.2, 0) is 6.42 Å². The van der Waals surface area contributed by atoms with Gasteiger partial charge in [-0.2, -0.15) is 0 Å². The Balaban J connectivity index is 1.38. The molecule has 0 bridgehead atoms. The Labute approximate surface area is 260 Å². The average Bonchev–Trinajstić information content (AvgIpc) is 3.52. The van der Waals surface area contributed by atoms with Gasteiger partial charge in [0.2, 0.25) is 0 Å². The molecular weight excluding hydrogens is 575 g/mol. The fourth-order valence-electron chi connectivity index (χ4n) is 5.88. The van der Waals surface area contributed by atoms with Crippen molar-refractivity contribution < 1.29 is 4.92 Å². The monoisotopic (exact) mass is 605 g/mol. The second-order valence-electron chi connectivity index (χ2n) is 10.5. The van der Waals surface area contributed by atoms with Crippen LogP contribution < -0.4 is 10.2 Å². The van der Waals surface area contributed by atoms with Crippen LogP contribution in [0.25, 0.3) is 5.69 Å². The molecule has 0 aliphatic carbocycles. The van der Waals surface area contributed by atoms with Crippen LogP contribution in [0, 0.1) is 24.0 Å². The first kappa shape index (κ1) is 28.6. The van der Waals surface area contributed by atoms with E-state index in [9.17, 15) is 10.1 Å². The Morgan fingerprint density at radius 2 is 1.63 bits per heavy atom. The lowest BCUT2D eigenvalue weighted by molar-refractivity contribution is -0.384. The van der Waals surface area contributed by atoms with E-state index in [4.69, 9.17) is 17.2 Å². The van der Waals surface area contributed by atoms with Gasteiger partial charge >= 0.3 is 0 Å². The van der Waals surface area contributed by atoms with E-state index in [1.54, 1.807) is 23.9 Å². The summed E-state index contributed by atoms with van der Waals surface area (Å²) in [7, 11) is 0. The average molecular weight is 606 g/mol. The number of benzene rings is 3. The van der Waals surface area contributed by atoms with Crippen LogP contribution in [-0.4, -0.2) is 19.6 Å². The minimum atomic E-state index is -0.384. The van der Waals surface area contributed by atoms with Crippen LogP contribution in [0.2, 0.25) is 0 Å². The molecule has 1 fully saturated rings. The highest BCUT2D eigenvalue weighted by Crippen LogP contribution is 2.44. The zero-order chi connectivity index (χ0) is 30.1. The summed E-state index contributed by atoms with van der Waals surface area (Å²) in [6.45, 7) is 6.54. The quantitative estimate of drug-likeness (QED) is 0.108. The summed E-state index contributed by atoms with van der Waals surface area (Å²) in [5.74, 6) is 0. The molecule has 5 aromatic rings. The number of hydrogen-bond acceptors (Lipinski definition) is 5. The molecular formula is C34H31N5O2S2. The van der Waals surface area contributed by atoms with Crippen molar-refractivity contribution in [3.05, 3.63) is 142 Å². The fraction of sp³-hybridized carbons (Fsp3) is 0.176. The number of para-hydroxylation sites is 1. The Bertz CT molecular complexity index is 1790. The van der Waals surface area contributed by atoms with Crippen LogP contribution in [0.1, 0.15) is 47.2 Å². The van der Waals surface area contributed by atoms with Crippen molar-refractivity contribution in [2.75, 3.05) is 4.90 Å². The predicted octanol–water partition coefficient (Wildman–Crippen LogP) is 8.29. The van der Waals surface area contributed by atoms with Gasteiger partial charge in [-0.1, -0.05) is 43.0 Å². The van der Waals surface area contributed by atoms with Gasteiger partial charge in [-0.3, -0.25) is 15.1 Å². The maximum absolute atomic E-state index is 11.0. The van der Waals surface area contributed by atoms with Crippen molar-refractivity contribution in [1.29, 1.82) is 0 Å². The van der Waals surface area contributed by atoms with Gasteiger partial charge in [-0.25, -0.2) is 0 Å². The number of nitro groups is 1. The molecule has 2 atom stereocenters. The molecule has 1 aliphatic rings. The van der Waals surface area contributed by atoms with Crippen LogP contribution in [0.15, 0.2) is 113 Å². The zero-order valence-electron chi connectivity index (χ0n) is 24.1. The number of hydrogen-bond donors (Lipinski definition) is 1. The third-order valence-corrected chi connectivity index (χ3v) is 9.23. The number of anilines is 1. The van der Waals surface area contributed by atoms with Crippen LogP contribution in [0.5, 0.6) is 0 Å². The highest BCUT2D eigenvalue weighted by atomic mass is 32.2. The normalized spacial score (nSPS) is 16.3. The maximum atomic E-state index is 11.0. The van der Waals surface area contributed by atoms with Gasteiger partial charge in [-0.05, 0) is 104 Å². The Hall–Kier alpha value is -4.47. The van der Waals surface area contributed by atoms with Gasteiger partial charge in [-0.15, -0.1) is 0 Å². The zero-order valence-corrected chi connectivity index (χ0v) is 25.7. The number of aromatic nitrogens is 2. The molecule has 0 spiro atoms. The first-order chi connectivity index (χ1) is 20.9. The number of non-ortho nitro benzene ring substituents is 1. The molecule has 2 unspecified atom stereocenters. The molecule has 7 nitrogen and oxygen atoms in total. The molecule has 1 aliphatic heterocycles. The minimum absolute atomic E-state index is 0.0841. The number of thiocarbonyl (C=S) groups is 1. The molecule has 0 amide bonds. The van der Waals surface area contributed by atoms with E-state index in [1.807, 2.05) is 24.4 Å². The lowest BCUT2D eigenvalue weighted by atomic mass is 9.96. The van der Waals surface area contributed by atoms with Crippen molar-refractivity contribution >= 4 is 40.5 Å². The van der Waals surface area contributed by atoms with Gasteiger partial charge in [0.1, 0.15) is 0 Å². The molecule has 9 heteroatoms. The van der Waals surface area contributed by atoms with Crippen molar-refractivity contribution in [2.45, 2.75) is 49.1 Å². The van der Waals surface area contributed by atoms with Gasteiger partial charge in [0, 0.05) is 50.9 Å². The molecule has 3 aromatic carbocycles. The molecule has 1 saturated heterocycles. The third kappa shape index (κ3) is 5.53. The van der Waals surface area contributed by atoms with E-state index >= 15 is 0 Å². The van der Waals surface area contributed by atoms with Crippen molar-refractivity contribution in [1.82, 2.24) is 14.9 Å². The fourth-order valence-corrected chi connectivity index (χ4v) is 7.04. The van der Waals surface area contributed by atoms with Gasteiger partial charge in [0.15, 0.2) is 5.11 Å². The summed E-state index contributed by atoms with van der Waals surface area (Å²) in [5, 5.41) is 15.2. The number of pyridine rings is 1. The molecule has 1 N–H and O–H groups in total.